The number of benzene rings is 3. The van der Waals surface area contributed by atoms with Gasteiger partial charge < -0.3 is 28.5 Å². The first kappa shape index (κ1) is 39.1. The number of Topliss-reactive ketones (excluding diaryl/α,β-unsaturated/α-hetero) is 1. The van der Waals surface area contributed by atoms with Crippen molar-refractivity contribution in [2.75, 3.05) is 7.11 Å². The number of ether oxygens (including phenoxy) is 4. The molecule has 0 saturated heterocycles. The molecule has 0 aliphatic heterocycles. The molecule has 3 aromatic rings. The molecule has 0 spiro atoms. The largest absolute Gasteiger partial charge is 0.497 e. The van der Waals surface area contributed by atoms with Crippen molar-refractivity contribution in [3.8, 4) is 5.75 Å². The summed E-state index contributed by atoms with van der Waals surface area (Å²) in [6.07, 6.45) is -2.73. The number of hydrogen-bond acceptors (Lipinski definition) is 7. The molecule has 0 amide bonds. The molecule has 0 heterocycles. The van der Waals surface area contributed by atoms with E-state index in [1.807, 2.05) is 84.9 Å². The van der Waals surface area contributed by atoms with Crippen molar-refractivity contribution in [3.05, 3.63) is 114 Å². The number of carbonyl (C=O) groups is 1. The molecule has 2 fully saturated rings. The van der Waals surface area contributed by atoms with Crippen LogP contribution in [-0.2, 0) is 43.3 Å². The van der Waals surface area contributed by atoms with Crippen molar-refractivity contribution in [2.24, 2.45) is 17.3 Å². The fourth-order valence-corrected chi connectivity index (χ4v) is 8.71. The maximum Gasteiger partial charge on any atom is 0.192 e. The van der Waals surface area contributed by atoms with Crippen LogP contribution < -0.4 is 4.74 Å². The van der Waals surface area contributed by atoms with Gasteiger partial charge in [-0.3, -0.25) is 4.79 Å². The van der Waals surface area contributed by atoms with Crippen LogP contribution in [-0.4, -0.2) is 56.8 Å². The zero-order valence-electron chi connectivity index (χ0n) is 31.8. The van der Waals surface area contributed by atoms with Crippen molar-refractivity contribution in [1.82, 2.24) is 0 Å². The van der Waals surface area contributed by atoms with Gasteiger partial charge in [-0.2, -0.15) is 0 Å². The summed E-state index contributed by atoms with van der Waals surface area (Å²) < 4.78 is 33.6. The Morgan fingerprint density at radius 1 is 0.784 bits per heavy atom. The second-order valence-corrected chi connectivity index (χ2v) is 21.2. The van der Waals surface area contributed by atoms with Crippen LogP contribution in [0.3, 0.4) is 0 Å². The summed E-state index contributed by atoms with van der Waals surface area (Å²) in [4.78, 5) is 15.2. The molecule has 0 radical (unpaired) electrons. The second-order valence-electron chi connectivity index (χ2n) is 16.4. The van der Waals surface area contributed by atoms with E-state index in [-0.39, 0.29) is 17.4 Å². The molecule has 7 atom stereocenters. The zero-order valence-corrected chi connectivity index (χ0v) is 32.8. The van der Waals surface area contributed by atoms with Gasteiger partial charge in [-0.05, 0) is 59.8 Å². The van der Waals surface area contributed by atoms with Gasteiger partial charge in [0.15, 0.2) is 14.1 Å². The number of fused-ring (bicyclic) bond motifs is 1. The van der Waals surface area contributed by atoms with Gasteiger partial charge in [0.1, 0.15) is 11.9 Å². The van der Waals surface area contributed by atoms with Crippen LogP contribution in [0.1, 0.15) is 64.2 Å². The molecule has 51 heavy (non-hydrogen) atoms. The van der Waals surface area contributed by atoms with Gasteiger partial charge in [0.05, 0.1) is 57.3 Å². The number of methoxy groups -OCH3 is 1. The lowest BCUT2D eigenvalue weighted by Gasteiger charge is -2.55. The summed E-state index contributed by atoms with van der Waals surface area (Å²) in [5.41, 5.74) is 3.01. The first-order valence-corrected chi connectivity index (χ1v) is 21.2. The third-order valence-corrected chi connectivity index (χ3v) is 15.9. The molecule has 0 bridgehead atoms. The van der Waals surface area contributed by atoms with E-state index in [0.717, 1.165) is 28.0 Å². The van der Waals surface area contributed by atoms with E-state index in [1.54, 1.807) is 7.11 Å². The summed E-state index contributed by atoms with van der Waals surface area (Å²) in [5.74, 6) is -0.699. The summed E-state index contributed by atoms with van der Waals surface area (Å²) in [6.45, 7) is 20.6. The minimum Gasteiger partial charge on any atom is -0.497 e. The highest BCUT2D eigenvalue weighted by atomic mass is 28.4. The van der Waals surface area contributed by atoms with Crippen LogP contribution in [0.25, 0.3) is 0 Å². The van der Waals surface area contributed by atoms with E-state index < -0.39 is 56.1 Å². The SMILES string of the molecule is C=C1CC[C@H](O)[C@H]2C(=O)[C@H](OCc3ccccc3)[C@H](O[Si](C)(C)C(C)(C)C)C(C)(C)[C@@H](OCc3ccc(OC)cc3)[C@@H](OCc3ccccc3)[C@H]12. The lowest BCUT2D eigenvalue weighted by Crippen LogP contribution is -2.66. The molecule has 2 aliphatic rings. The van der Waals surface area contributed by atoms with Crippen molar-refractivity contribution in [1.29, 1.82) is 0 Å². The number of ketones is 1. The highest BCUT2D eigenvalue weighted by Crippen LogP contribution is 2.50. The maximum absolute atomic E-state index is 15.2. The molecule has 3 aromatic carbocycles. The standard InChI is InChI=1S/C43H58O7Si/c1-29-20-25-34(44)36-35(29)38(47-26-30-16-12-10-13-17-30)40(49-28-32-21-23-33(46-7)24-22-32)43(5,6)41(50-51(8,9)42(2,3)4)39(37(36)45)48-27-31-18-14-11-15-19-31/h10-19,21-24,34-36,38-41,44H,1,20,25-28H2,2-9H3/t34-,35+,36+,38-,39-,40-,41-/m0/s1. The van der Waals surface area contributed by atoms with Gasteiger partial charge in [-0.15, -0.1) is 0 Å². The Labute approximate surface area is 306 Å². The molecule has 1 N–H and O–H groups in total. The van der Waals surface area contributed by atoms with Gasteiger partial charge in [-0.1, -0.05) is 120 Å². The molecule has 2 saturated carbocycles. The van der Waals surface area contributed by atoms with Crippen LogP contribution in [0.2, 0.25) is 18.1 Å². The fourth-order valence-electron chi connectivity index (χ4n) is 7.29. The van der Waals surface area contributed by atoms with E-state index in [4.69, 9.17) is 23.4 Å². The zero-order chi connectivity index (χ0) is 37.0. The number of aliphatic hydroxyl groups is 1. The Kier molecular flexibility index (Phi) is 12.5. The van der Waals surface area contributed by atoms with Crippen molar-refractivity contribution >= 4 is 14.1 Å². The monoisotopic (exact) mass is 714 g/mol. The molecule has 7 nitrogen and oxygen atoms in total. The van der Waals surface area contributed by atoms with Gasteiger partial charge in [0.2, 0.25) is 0 Å². The van der Waals surface area contributed by atoms with Crippen LogP contribution in [0.4, 0.5) is 0 Å². The average molecular weight is 715 g/mol. The third-order valence-electron chi connectivity index (χ3n) is 11.4. The summed E-state index contributed by atoms with van der Waals surface area (Å²) in [6, 6.07) is 27.8. The Morgan fingerprint density at radius 3 is 1.86 bits per heavy atom. The third kappa shape index (κ3) is 8.92. The Balaban J connectivity index is 1.66. The van der Waals surface area contributed by atoms with Crippen molar-refractivity contribution < 1.29 is 33.3 Å². The van der Waals surface area contributed by atoms with Crippen molar-refractivity contribution in [3.63, 3.8) is 0 Å². The predicted molar refractivity (Wildman–Crippen MR) is 204 cm³/mol. The van der Waals surface area contributed by atoms with Crippen molar-refractivity contribution in [2.45, 2.75) is 116 Å². The minimum absolute atomic E-state index is 0.150. The average Bonchev–Trinajstić information content (AvgIpc) is 3.10. The van der Waals surface area contributed by atoms with E-state index >= 15 is 4.79 Å². The van der Waals surface area contributed by atoms with Gasteiger partial charge in [-0.25, -0.2) is 0 Å². The molecule has 0 unspecified atom stereocenters. The van der Waals surface area contributed by atoms with Gasteiger partial charge in [0, 0.05) is 11.3 Å². The van der Waals surface area contributed by atoms with E-state index in [1.165, 1.54) is 0 Å². The molecule has 2 aliphatic carbocycles. The quantitative estimate of drug-likeness (QED) is 0.149. The predicted octanol–water partition coefficient (Wildman–Crippen LogP) is 8.69. The number of carbonyl (C=O) groups excluding carboxylic acids is 1. The minimum atomic E-state index is -2.52. The maximum atomic E-state index is 15.2. The Bertz CT molecular complexity index is 1580. The summed E-state index contributed by atoms with van der Waals surface area (Å²) >= 11 is 0. The lowest BCUT2D eigenvalue weighted by molar-refractivity contribution is -0.214. The molecule has 5 rings (SSSR count). The van der Waals surface area contributed by atoms with Crippen LogP contribution in [0, 0.1) is 17.3 Å². The smallest absolute Gasteiger partial charge is 0.192 e. The first-order valence-electron chi connectivity index (χ1n) is 18.3. The number of aliphatic hydroxyl groups excluding tert-OH is 1. The topological polar surface area (TPSA) is 83.5 Å². The number of hydrogen-bond donors (Lipinski definition) is 1. The summed E-state index contributed by atoms with van der Waals surface area (Å²) in [5, 5.41) is 11.6. The normalized spacial score (nSPS) is 27.0. The highest BCUT2D eigenvalue weighted by Gasteiger charge is 2.60. The Morgan fingerprint density at radius 2 is 1.31 bits per heavy atom. The highest BCUT2D eigenvalue weighted by molar-refractivity contribution is 6.74. The lowest BCUT2D eigenvalue weighted by atomic mass is 9.61. The second kappa shape index (κ2) is 16.3. The summed E-state index contributed by atoms with van der Waals surface area (Å²) in [7, 11) is -0.864. The van der Waals surface area contributed by atoms with E-state index in [2.05, 4.69) is 54.3 Å². The van der Waals surface area contributed by atoms with Crippen LogP contribution in [0.5, 0.6) is 5.75 Å². The van der Waals surface area contributed by atoms with E-state index in [0.29, 0.717) is 26.1 Å². The molecule has 0 aromatic heterocycles. The number of rotatable bonds is 12. The fraction of sp³-hybridized carbons (Fsp3) is 0.512. The van der Waals surface area contributed by atoms with Crippen LogP contribution >= 0.6 is 0 Å². The van der Waals surface area contributed by atoms with Crippen LogP contribution in [0.15, 0.2) is 97.1 Å². The van der Waals surface area contributed by atoms with E-state index in [9.17, 15) is 5.11 Å². The Hall–Kier alpha value is -3.11. The van der Waals surface area contributed by atoms with Gasteiger partial charge in [0.25, 0.3) is 0 Å². The molecular weight excluding hydrogens is 657 g/mol. The molecular formula is C43H58O7Si. The van der Waals surface area contributed by atoms with Gasteiger partial charge >= 0.3 is 0 Å². The first-order chi connectivity index (χ1) is 24.1. The molecule has 8 heteroatoms. The molecule has 276 valence electrons.